The molecule has 0 aromatic carbocycles. The smallest absolute Gasteiger partial charge is 0.256 e. The van der Waals surface area contributed by atoms with Gasteiger partial charge in [-0.1, -0.05) is 20.8 Å². The lowest BCUT2D eigenvalue weighted by molar-refractivity contribution is 0.0290. The van der Waals surface area contributed by atoms with E-state index in [1.54, 1.807) is 6.92 Å². The Kier molecular flexibility index (Phi) is 4.68. The number of hydrogen-bond donors (Lipinski definition) is 1. The molecule has 0 amide bonds. The second-order valence-corrected chi connectivity index (χ2v) is 3.85. The molecule has 0 rings (SSSR count). The fraction of sp³-hybridized carbons (Fsp3) is 1.00. The summed E-state index contributed by atoms with van der Waals surface area (Å²) in [7, 11) is 0. The van der Waals surface area contributed by atoms with Gasteiger partial charge in [-0.15, -0.1) is 0 Å². The number of alkyl halides is 2. The van der Waals surface area contributed by atoms with Crippen molar-refractivity contribution in [3.63, 3.8) is 0 Å². The minimum atomic E-state index is -2.29. The van der Waals surface area contributed by atoms with Gasteiger partial charge in [0.15, 0.2) is 0 Å². The molecule has 0 bridgehead atoms. The highest BCUT2D eigenvalue weighted by Gasteiger charge is 2.34. The standard InChI is InChI=1S/C9H19F2N/c1-5-12-9(4,8(10)11)6-7(2)3/h7-8,12H,5-6H2,1-4H3. The van der Waals surface area contributed by atoms with Crippen LogP contribution in [-0.4, -0.2) is 18.5 Å². The molecule has 1 nitrogen and oxygen atoms in total. The summed E-state index contributed by atoms with van der Waals surface area (Å²) in [5.41, 5.74) is -1.01. The van der Waals surface area contributed by atoms with E-state index < -0.39 is 12.0 Å². The summed E-state index contributed by atoms with van der Waals surface area (Å²) >= 11 is 0. The van der Waals surface area contributed by atoms with Gasteiger partial charge in [0.05, 0.1) is 5.54 Å². The molecule has 0 heterocycles. The fourth-order valence-corrected chi connectivity index (χ4v) is 1.49. The molecular weight excluding hydrogens is 160 g/mol. The van der Waals surface area contributed by atoms with Gasteiger partial charge in [0.25, 0.3) is 6.43 Å². The second kappa shape index (κ2) is 4.75. The molecule has 3 heteroatoms. The van der Waals surface area contributed by atoms with Crippen LogP contribution in [0.5, 0.6) is 0 Å². The highest BCUT2D eigenvalue weighted by Crippen LogP contribution is 2.23. The van der Waals surface area contributed by atoms with Crippen molar-refractivity contribution in [3.05, 3.63) is 0 Å². The van der Waals surface area contributed by atoms with Crippen LogP contribution in [0.4, 0.5) is 8.78 Å². The second-order valence-electron chi connectivity index (χ2n) is 3.85. The van der Waals surface area contributed by atoms with Gasteiger partial charge in [-0.05, 0) is 25.8 Å². The normalized spacial score (nSPS) is 17.0. The van der Waals surface area contributed by atoms with E-state index >= 15 is 0 Å². The van der Waals surface area contributed by atoms with Crippen LogP contribution in [0, 0.1) is 5.92 Å². The molecule has 0 radical (unpaired) electrons. The highest BCUT2D eigenvalue weighted by molar-refractivity contribution is 4.86. The van der Waals surface area contributed by atoms with Crippen LogP contribution in [0.25, 0.3) is 0 Å². The van der Waals surface area contributed by atoms with E-state index in [1.165, 1.54) is 0 Å². The Bertz CT molecular complexity index is 126. The highest BCUT2D eigenvalue weighted by atomic mass is 19.3. The van der Waals surface area contributed by atoms with Gasteiger partial charge in [-0.25, -0.2) is 8.78 Å². The van der Waals surface area contributed by atoms with Gasteiger partial charge < -0.3 is 5.32 Å². The van der Waals surface area contributed by atoms with Crippen LogP contribution in [0.1, 0.15) is 34.1 Å². The maximum atomic E-state index is 12.6. The van der Waals surface area contributed by atoms with Gasteiger partial charge in [0.2, 0.25) is 0 Å². The zero-order valence-corrected chi connectivity index (χ0v) is 8.32. The Morgan fingerprint density at radius 3 is 2.08 bits per heavy atom. The number of halogens is 2. The summed E-state index contributed by atoms with van der Waals surface area (Å²) in [4.78, 5) is 0. The third-order valence-electron chi connectivity index (χ3n) is 1.89. The summed E-state index contributed by atoms with van der Waals surface area (Å²) in [6.07, 6.45) is -1.78. The van der Waals surface area contributed by atoms with Crippen molar-refractivity contribution in [2.75, 3.05) is 6.54 Å². The zero-order chi connectivity index (χ0) is 9.78. The lowest BCUT2D eigenvalue weighted by atomic mass is 9.91. The van der Waals surface area contributed by atoms with Crippen LogP contribution in [-0.2, 0) is 0 Å². The van der Waals surface area contributed by atoms with Crippen LogP contribution < -0.4 is 5.32 Å². The van der Waals surface area contributed by atoms with Crippen molar-refractivity contribution >= 4 is 0 Å². The van der Waals surface area contributed by atoms with E-state index in [0.717, 1.165) is 0 Å². The molecule has 0 aromatic heterocycles. The van der Waals surface area contributed by atoms with Gasteiger partial charge in [0.1, 0.15) is 0 Å². The number of rotatable bonds is 5. The molecule has 0 aromatic rings. The summed E-state index contributed by atoms with van der Waals surface area (Å²) in [6, 6.07) is 0. The SMILES string of the molecule is CCNC(C)(CC(C)C)C(F)F. The van der Waals surface area contributed by atoms with Crippen molar-refractivity contribution in [2.45, 2.75) is 46.1 Å². The van der Waals surface area contributed by atoms with Crippen LogP contribution in [0.15, 0.2) is 0 Å². The average Bonchev–Trinajstić information content (AvgIpc) is 1.85. The first-order valence-electron chi connectivity index (χ1n) is 4.45. The number of nitrogens with one attached hydrogen (secondary N) is 1. The van der Waals surface area contributed by atoms with E-state index in [4.69, 9.17) is 0 Å². The van der Waals surface area contributed by atoms with Gasteiger partial charge in [0, 0.05) is 0 Å². The van der Waals surface area contributed by atoms with Crippen LogP contribution in [0.2, 0.25) is 0 Å². The summed E-state index contributed by atoms with van der Waals surface area (Å²) in [6.45, 7) is 7.94. The molecule has 0 aliphatic rings. The summed E-state index contributed by atoms with van der Waals surface area (Å²) in [5.74, 6) is 0.294. The van der Waals surface area contributed by atoms with Crippen molar-refractivity contribution in [1.29, 1.82) is 0 Å². The maximum absolute atomic E-state index is 12.6. The molecule has 0 aliphatic carbocycles. The minimum absolute atomic E-state index is 0.294. The Hall–Kier alpha value is -0.180. The predicted molar refractivity (Wildman–Crippen MR) is 47.5 cm³/mol. The Balaban J connectivity index is 4.18. The quantitative estimate of drug-likeness (QED) is 0.684. The zero-order valence-electron chi connectivity index (χ0n) is 8.32. The summed E-state index contributed by atoms with van der Waals surface area (Å²) in [5, 5.41) is 2.84. The van der Waals surface area contributed by atoms with Crippen LogP contribution in [0.3, 0.4) is 0 Å². The molecule has 0 saturated carbocycles. The fourth-order valence-electron chi connectivity index (χ4n) is 1.49. The van der Waals surface area contributed by atoms with Crippen molar-refractivity contribution in [3.8, 4) is 0 Å². The van der Waals surface area contributed by atoms with Crippen molar-refractivity contribution in [1.82, 2.24) is 5.32 Å². The Morgan fingerprint density at radius 1 is 1.33 bits per heavy atom. The molecule has 12 heavy (non-hydrogen) atoms. The lowest BCUT2D eigenvalue weighted by Crippen LogP contribution is -2.49. The third kappa shape index (κ3) is 3.48. The largest absolute Gasteiger partial charge is 0.307 e. The van der Waals surface area contributed by atoms with Crippen molar-refractivity contribution < 1.29 is 8.78 Å². The molecule has 0 spiro atoms. The van der Waals surface area contributed by atoms with Gasteiger partial charge in [-0.2, -0.15) is 0 Å². The number of hydrogen-bond acceptors (Lipinski definition) is 1. The first kappa shape index (κ1) is 11.8. The first-order valence-corrected chi connectivity index (χ1v) is 4.45. The van der Waals surface area contributed by atoms with E-state index in [0.29, 0.717) is 18.9 Å². The van der Waals surface area contributed by atoms with E-state index in [-0.39, 0.29) is 0 Å². The molecule has 1 unspecified atom stereocenters. The van der Waals surface area contributed by atoms with Gasteiger partial charge in [-0.3, -0.25) is 0 Å². The molecular formula is C9H19F2N. The summed E-state index contributed by atoms with van der Waals surface area (Å²) < 4.78 is 25.1. The third-order valence-corrected chi connectivity index (χ3v) is 1.89. The molecule has 74 valence electrons. The molecule has 1 atom stereocenters. The topological polar surface area (TPSA) is 12.0 Å². The molecule has 0 saturated heterocycles. The van der Waals surface area contributed by atoms with Crippen LogP contribution >= 0.6 is 0 Å². The molecule has 0 fully saturated rings. The van der Waals surface area contributed by atoms with Gasteiger partial charge >= 0.3 is 0 Å². The lowest BCUT2D eigenvalue weighted by Gasteiger charge is -2.31. The van der Waals surface area contributed by atoms with E-state index in [9.17, 15) is 8.78 Å². The monoisotopic (exact) mass is 179 g/mol. The van der Waals surface area contributed by atoms with Crippen molar-refractivity contribution in [2.24, 2.45) is 5.92 Å². The maximum Gasteiger partial charge on any atom is 0.256 e. The molecule has 0 aliphatic heterocycles. The van der Waals surface area contributed by atoms with E-state index in [1.807, 2.05) is 20.8 Å². The first-order chi connectivity index (χ1) is 5.42. The Labute approximate surface area is 73.5 Å². The average molecular weight is 179 g/mol. The van der Waals surface area contributed by atoms with E-state index in [2.05, 4.69) is 5.32 Å². The Morgan fingerprint density at radius 2 is 1.83 bits per heavy atom. The minimum Gasteiger partial charge on any atom is -0.307 e. The molecule has 1 N–H and O–H groups in total. The predicted octanol–water partition coefficient (Wildman–Crippen LogP) is 2.67.